The van der Waals surface area contributed by atoms with Crippen molar-refractivity contribution in [2.24, 2.45) is 0 Å². The monoisotopic (exact) mass is 892 g/mol. The zero-order valence-corrected chi connectivity index (χ0v) is 32.0. The fraction of sp³-hybridized carbons (Fsp3) is 0.250. The minimum atomic E-state index is -2.18. The second-order valence-electron chi connectivity index (χ2n) is 10.4. The van der Waals surface area contributed by atoms with Gasteiger partial charge in [0.2, 0.25) is 0 Å². The van der Waals surface area contributed by atoms with Crippen LogP contribution in [0.15, 0.2) is 97.1 Å². The van der Waals surface area contributed by atoms with Gasteiger partial charge in [-0.1, -0.05) is 0 Å². The maximum absolute atomic E-state index is 2.39. The van der Waals surface area contributed by atoms with E-state index in [2.05, 4.69) is 210 Å². The molecule has 0 aromatic heterocycles. The molecule has 0 saturated carbocycles. The second-order valence-corrected chi connectivity index (χ2v) is 30.0. The summed E-state index contributed by atoms with van der Waals surface area (Å²) in [5, 5.41) is 5.41. The molecule has 0 heterocycles. The Morgan fingerprint density at radius 1 is 0.375 bits per heavy atom. The van der Waals surface area contributed by atoms with Crippen LogP contribution in [0.4, 0.5) is 22.7 Å². The Hall–Kier alpha value is -1.30. The summed E-state index contributed by atoms with van der Waals surface area (Å²) < 4.78 is 0. The number of benzene rings is 4. The van der Waals surface area contributed by atoms with Crippen molar-refractivity contribution in [2.45, 2.75) is 0 Å². The van der Waals surface area contributed by atoms with Crippen molar-refractivity contribution in [2.75, 3.05) is 76.0 Å². The van der Waals surface area contributed by atoms with Gasteiger partial charge in [-0.05, 0) is 97.1 Å². The molecule has 4 rings (SSSR count). The molecule has 0 unspecified atom stereocenters. The molecule has 0 amide bonds. The molecule has 214 valence electrons. The minimum absolute atomic E-state index is 0.530. The first-order valence-electron chi connectivity index (χ1n) is 12.9. The van der Waals surface area contributed by atoms with Crippen LogP contribution in [0.3, 0.4) is 0 Å². The fourth-order valence-electron chi connectivity index (χ4n) is 4.79. The third-order valence-corrected chi connectivity index (χ3v) is 11.3. The van der Waals surface area contributed by atoms with Gasteiger partial charge in [-0.2, -0.15) is 0 Å². The van der Waals surface area contributed by atoms with Crippen LogP contribution >= 0.6 is 44.5 Å². The van der Waals surface area contributed by atoms with Gasteiger partial charge < -0.3 is 19.6 Å². The number of rotatable bonds is 8. The number of hydrogen-bond acceptors (Lipinski definition) is 4. The van der Waals surface area contributed by atoms with E-state index in [1.165, 1.54) is 44.0 Å². The van der Waals surface area contributed by atoms with E-state index >= 15 is 0 Å². The summed E-state index contributed by atoms with van der Waals surface area (Å²) in [6.45, 7) is 0. The van der Waals surface area contributed by atoms with Crippen LogP contribution in [-0.2, 0) is 0 Å². The Labute approximate surface area is 272 Å². The van der Waals surface area contributed by atoms with E-state index in [0.29, 0.717) is 13.3 Å². The molecule has 8 heteroatoms. The normalized spacial score (nSPS) is 10.9. The Morgan fingerprint density at radius 2 is 0.525 bits per heavy atom. The Balaban J connectivity index is 0.00000141. The van der Waals surface area contributed by atoms with Gasteiger partial charge in [0.15, 0.2) is 0 Å². The van der Waals surface area contributed by atoms with Crippen LogP contribution in [0.25, 0.3) is 0 Å². The standard InChI is InChI=1S/C32H40N4P.I3/c1-33(2)25-9-17-29(18-10-25)37(30-19-11-26(12-20-30)34(3)4,31-21-13-27(14-22-31)35(5)6)32-23-15-28(16-24-32)36(7)8;1-3-2/h9-24H,1-8H3;/q+1;-1. The fourth-order valence-corrected chi connectivity index (χ4v) is 8.97. The van der Waals surface area contributed by atoms with Crippen molar-refractivity contribution in [3.8, 4) is 0 Å². The van der Waals surface area contributed by atoms with Gasteiger partial charge in [0.1, 0.15) is 28.5 Å². The van der Waals surface area contributed by atoms with Crippen LogP contribution in [0.2, 0.25) is 0 Å². The summed E-state index contributed by atoms with van der Waals surface area (Å²) in [6.07, 6.45) is 0. The zero-order valence-electron chi connectivity index (χ0n) is 24.6. The number of halogens is 3. The quantitative estimate of drug-likeness (QED) is 0.199. The average Bonchev–Trinajstić information content (AvgIpc) is 2.95. The third-order valence-electron chi connectivity index (χ3n) is 7.01. The summed E-state index contributed by atoms with van der Waals surface area (Å²) >= 11 is 5.30. The van der Waals surface area contributed by atoms with E-state index in [-0.39, 0.29) is 0 Å². The van der Waals surface area contributed by atoms with E-state index in [4.69, 9.17) is 0 Å². The summed E-state index contributed by atoms with van der Waals surface area (Å²) in [7, 11) is 14.6. The first-order chi connectivity index (χ1) is 19.1. The molecular weight excluding hydrogens is 852 g/mol. The Bertz CT molecular complexity index is 1110. The molecule has 0 N–H and O–H groups in total. The second kappa shape index (κ2) is 15.3. The van der Waals surface area contributed by atoms with E-state index in [1.54, 1.807) is 0 Å². The van der Waals surface area contributed by atoms with Gasteiger partial charge in [-0.25, -0.2) is 0 Å². The molecule has 4 aromatic carbocycles. The first-order valence-corrected chi connectivity index (χ1v) is 27.3. The average molecular weight is 892 g/mol. The van der Waals surface area contributed by atoms with Crippen molar-refractivity contribution in [3.05, 3.63) is 97.1 Å². The topological polar surface area (TPSA) is 13.0 Å². The van der Waals surface area contributed by atoms with Crippen molar-refractivity contribution in [3.63, 3.8) is 0 Å². The molecular formula is C32H40I3N4P. The summed E-state index contributed by atoms with van der Waals surface area (Å²) in [5.74, 6) is 0. The molecule has 4 aromatic rings. The van der Waals surface area contributed by atoms with Gasteiger partial charge >= 0.3 is 50.5 Å². The summed E-state index contributed by atoms with van der Waals surface area (Å²) in [5.41, 5.74) is 4.82. The Morgan fingerprint density at radius 3 is 0.650 bits per heavy atom. The predicted octanol–water partition coefficient (Wildman–Crippen LogP) is 3.35. The number of anilines is 4. The SMILES string of the molecule is CN(C)c1ccc([P+](c2ccc(N(C)C)cc2)(c2ccc(N(C)C)cc2)c2ccc(N(C)C)cc2)cc1.I[I-]I. The molecule has 0 aliphatic rings. The van der Waals surface area contributed by atoms with Gasteiger partial charge in [0, 0.05) is 79.1 Å². The van der Waals surface area contributed by atoms with Crippen molar-refractivity contribution >= 4 is 88.5 Å². The molecule has 0 spiro atoms. The molecule has 0 fully saturated rings. The summed E-state index contributed by atoms with van der Waals surface area (Å²) in [4.78, 5) is 8.64. The van der Waals surface area contributed by atoms with E-state index < -0.39 is 7.26 Å². The van der Waals surface area contributed by atoms with Crippen LogP contribution < -0.4 is 54.1 Å². The van der Waals surface area contributed by atoms with Gasteiger partial charge in [-0.15, -0.1) is 0 Å². The molecule has 4 nitrogen and oxygen atoms in total. The summed E-state index contributed by atoms with van der Waals surface area (Å²) in [6, 6.07) is 36.7. The van der Waals surface area contributed by atoms with Crippen LogP contribution in [0.1, 0.15) is 0 Å². The van der Waals surface area contributed by atoms with Crippen LogP contribution in [0, 0.1) is 0 Å². The van der Waals surface area contributed by atoms with Gasteiger partial charge in [0.25, 0.3) is 0 Å². The zero-order chi connectivity index (χ0) is 29.4. The molecule has 0 atom stereocenters. The van der Waals surface area contributed by atoms with E-state index in [9.17, 15) is 0 Å². The molecule has 0 aliphatic heterocycles. The van der Waals surface area contributed by atoms with Crippen molar-refractivity contribution < 1.29 is 13.3 Å². The van der Waals surface area contributed by atoms with Crippen molar-refractivity contribution in [1.82, 2.24) is 0 Å². The molecule has 0 bridgehead atoms. The predicted molar refractivity (Wildman–Crippen MR) is 197 cm³/mol. The van der Waals surface area contributed by atoms with E-state index in [0.717, 1.165) is 0 Å². The number of hydrogen-bond donors (Lipinski definition) is 0. The van der Waals surface area contributed by atoms with E-state index in [1.807, 2.05) is 0 Å². The molecule has 0 saturated heterocycles. The molecule has 40 heavy (non-hydrogen) atoms. The van der Waals surface area contributed by atoms with Crippen LogP contribution in [0.5, 0.6) is 0 Å². The Kier molecular flexibility index (Phi) is 12.7. The van der Waals surface area contributed by atoms with Crippen molar-refractivity contribution in [1.29, 1.82) is 0 Å². The van der Waals surface area contributed by atoms with Gasteiger partial charge in [0.05, 0.1) is 0 Å². The first kappa shape index (κ1) is 33.2. The van der Waals surface area contributed by atoms with Crippen LogP contribution in [-0.4, -0.2) is 56.4 Å². The third kappa shape index (κ3) is 7.55. The number of nitrogens with zero attached hydrogens (tertiary/aromatic N) is 4. The maximum atomic E-state index is 2.39. The van der Waals surface area contributed by atoms with Gasteiger partial charge in [-0.3, -0.25) is 0 Å². The molecule has 0 radical (unpaired) electrons. The molecule has 0 aliphatic carbocycles.